The monoisotopic (exact) mass is 416 g/mol. The molecule has 0 radical (unpaired) electrons. The van der Waals surface area contributed by atoms with Crippen LogP contribution in [0, 0.1) is 13.8 Å². The van der Waals surface area contributed by atoms with Gasteiger partial charge in [-0.25, -0.2) is 4.68 Å². The molecule has 0 spiro atoms. The molecule has 0 amide bonds. The molecule has 4 aromatic rings. The van der Waals surface area contributed by atoms with Crippen LogP contribution in [-0.4, -0.2) is 9.78 Å². The van der Waals surface area contributed by atoms with E-state index >= 15 is 0 Å². The van der Waals surface area contributed by atoms with Gasteiger partial charge in [-0.3, -0.25) is 0 Å². The lowest BCUT2D eigenvalue weighted by Crippen LogP contribution is -1.99. The van der Waals surface area contributed by atoms with E-state index in [1.54, 1.807) is 0 Å². The molecule has 4 rings (SSSR count). The average molecular weight is 417 g/mol. The minimum Gasteiger partial charge on any atom is -0.238 e. The van der Waals surface area contributed by atoms with Crippen LogP contribution in [0.4, 0.5) is 0 Å². The molecule has 0 aliphatic rings. The number of aromatic nitrogens is 2. The van der Waals surface area contributed by atoms with Crippen LogP contribution in [-0.2, 0) is 6.42 Å². The average Bonchev–Trinajstić information content (AvgIpc) is 3.02. The van der Waals surface area contributed by atoms with E-state index in [4.69, 9.17) is 0 Å². The third kappa shape index (κ3) is 3.74. The molecule has 1 aromatic heterocycles. The van der Waals surface area contributed by atoms with Crippen LogP contribution >= 0.6 is 15.9 Å². The summed E-state index contributed by atoms with van der Waals surface area (Å²) < 4.78 is 3.14. The normalized spacial score (nSPS) is 10.9. The van der Waals surface area contributed by atoms with Crippen molar-refractivity contribution in [2.45, 2.75) is 20.3 Å². The van der Waals surface area contributed by atoms with E-state index < -0.39 is 0 Å². The second-order valence-electron chi connectivity index (χ2n) is 6.81. The summed E-state index contributed by atoms with van der Waals surface area (Å²) in [5, 5.41) is 4.58. The second kappa shape index (κ2) is 7.53. The van der Waals surface area contributed by atoms with Gasteiger partial charge in [-0.2, -0.15) is 5.10 Å². The first-order valence-electron chi connectivity index (χ1n) is 9.07. The molecular weight excluding hydrogens is 396 g/mol. The van der Waals surface area contributed by atoms with Crippen LogP contribution in [0.3, 0.4) is 0 Å². The van der Waals surface area contributed by atoms with Crippen LogP contribution in [0.1, 0.15) is 22.5 Å². The molecule has 0 atom stereocenters. The van der Waals surface area contributed by atoms with Gasteiger partial charge in [0.15, 0.2) is 0 Å². The van der Waals surface area contributed by atoms with Gasteiger partial charge in [0.2, 0.25) is 0 Å². The van der Waals surface area contributed by atoms with Gasteiger partial charge in [-0.1, -0.05) is 70.5 Å². The van der Waals surface area contributed by atoms with Gasteiger partial charge in [0.1, 0.15) is 0 Å². The Balaban J connectivity index is 1.68. The molecule has 0 N–H and O–H groups in total. The maximum Gasteiger partial charge on any atom is 0.0649 e. The van der Waals surface area contributed by atoms with Crippen molar-refractivity contribution in [3.63, 3.8) is 0 Å². The number of hydrogen-bond acceptors (Lipinski definition) is 1. The van der Waals surface area contributed by atoms with E-state index in [1.165, 1.54) is 22.3 Å². The van der Waals surface area contributed by atoms with Crippen molar-refractivity contribution in [3.05, 3.63) is 106 Å². The summed E-state index contributed by atoms with van der Waals surface area (Å²) in [7, 11) is 0. The molecule has 0 saturated carbocycles. The van der Waals surface area contributed by atoms with Gasteiger partial charge in [0.05, 0.1) is 11.4 Å². The molecule has 3 heteroatoms. The first-order chi connectivity index (χ1) is 13.1. The summed E-state index contributed by atoms with van der Waals surface area (Å²) in [6.45, 7) is 4.11. The number of halogens is 1. The fourth-order valence-electron chi connectivity index (χ4n) is 3.48. The SMILES string of the molecule is Cc1cc(C)n(-c2ccc(-c3ccccc3Cc3ccccc3Br)cc2)n1. The fourth-order valence-corrected chi connectivity index (χ4v) is 3.90. The van der Waals surface area contributed by atoms with Gasteiger partial charge in [0.25, 0.3) is 0 Å². The first kappa shape index (κ1) is 17.7. The Kier molecular flexibility index (Phi) is 4.95. The van der Waals surface area contributed by atoms with Crippen LogP contribution in [0.5, 0.6) is 0 Å². The van der Waals surface area contributed by atoms with E-state index in [0.717, 1.165) is 28.0 Å². The number of aryl methyl sites for hydroxylation is 2. The lowest BCUT2D eigenvalue weighted by molar-refractivity contribution is 0.834. The highest BCUT2D eigenvalue weighted by atomic mass is 79.9. The van der Waals surface area contributed by atoms with Crippen LogP contribution < -0.4 is 0 Å². The summed E-state index contributed by atoms with van der Waals surface area (Å²) in [4.78, 5) is 0. The topological polar surface area (TPSA) is 17.8 Å². The smallest absolute Gasteiger partial charge is 0.0649 e. The van der Waals surface area contributed by atoms with Crippen molar-refractivity contribution in [1.82, 2.24) is 9.78 Å². The molecule has 0 fully saturated rings. The molecule has 0 bridgehead atoms. The molecule has 134 valence electrons. The Bertz CT molecular complexity index is 1080. The van der Waals surface area contributed by atoms with Crippen molar-refractivity contribution in [1.29, 1.82) is 0 Å². The number of hydrogen-bond donors (Lipinski definition) is 0. The molecule has 0 aliphatic carbocycles. The zero-order valence-electron chi connectivity index (χ0n) is 15.5. The van der Waals surface area contributed by atoms with Gasteiger partial charge in [-0.05, 0) is 66.8 Å². The number of benzene rings is 3. The minimum atomic E-state index is 0.900. The summed E-state index contributed by atoms with van der Waals surface area (Å²) in [6.07, 6.45) is 0.900. The van der Waals surface area contributed by atoms with Crippen molar-refractivity contribution in [3.8, 4) is 16.8 Å². The zero-order valence-corrected chi connectivity index (χ0v) is 17.1. The van der Waals surface area contributed by atoms with E-state index in [0.29, 0.717) is 0 Å². The van der Waals surface area contributed by atoms with E-state index in [-0.39, 0.29) is 0 Å². The largest absolute Gasteiger partial charge is 0.238 e. The maximum absolute atomic E-state index is 4.58. The van der Waals surface area contributed by atoms with Gasteiger partial charge in [-0.15, -0.1) is 0 Å². The lowest BCUT2D eigenvalue weighted by atomic mass is 9.95. The van der Waals surface area contributed by atoms with Gasteiger partial charge >= 0.3 is 0 Å². The standard InChI is InChI=1S/C24H21BrN2/c1-17-15-18(2)27(26-17)22-13-11-19(12-14-22)23-9-5-3-7-20(23)16-21-8-4-6-10-24(21)25/h3-15H,16H2,1-2H3. The summed E-state index contributed by atoms with van der Waals surface area (Å²) >= 11 is 3.67. The van der Waals surface area contributed by atoms with Crippen LogP contribution in [0.25, 0.3) is 16.8 Å². The van der Waals surface area contributed by atoms with Crippen molar-refractivity contribution < 1.29 is 0 Å². The highest BCUT2D eigenvalue weighted by Gasteiger charge is 2.09. The van der Waals surface area contributed by atoms with Crippen molar-refractivity contribution in [2.24, 2.45) is 0 Å². The molecule has 1 heterocycles. The molecule has 0 unspecified atom stereocenters. The Labute approximate surface area is 168 Å². The highest BCUT2D eigenvalue weighted by Crippen LogP contribution is 2.28. The van der Waals surface area contributed by atoms with Crippen molar-refractivity contribution in [2.75, 3.05) is 0 Å². The molecule has 27 heavy (non-hydrogen) atoms. The summed E-state index contributed by atoms with van der Waals surface area (Å²) in [5.74, 6) is 0. The quantitative estimate of drug-likeness (QED) is 0.370. The van der Waals surface area contributed by atoms with Gasteiger partial charge in [0, 0.05) is 10.2 Å². The zero-order chi connectivity index (χ0) is 18.8. The second-order valence-corrected chi connectivity index (χ2v) is 7.67. The van der Waals surface area contributed by atoms with Gasteiger partial charge < -0.3 is 0 Å². The van der Waals surface area contributed by atoms with E-state index in [1.807, 2.05) is 11.6 Å². The Morgan fingerprint density at radius 1 is 0.815 bits per heavy atom. The first-order valence-corrected chi connectivity index (χ1v) is 9.86. The number of rotatable bonds is 4. The maximum atomic E-state index is 4.58. The predicted octanol–water partition coefficient (Wildman–Crippen LogP) is 6.51. The summed E-state index contributed by atoms with van der Waals surface area (Å²) in [6, 6.07) is 27.8. The van der Waals surface area contributed by atoms with E-state index in [2.05, 4.69) is 107 Å². The highest BCUT2D eigenvalue weighted by molar-refractivity contribution is 9.10. The number of nitrogens with zero attached hydrogens (tertiary/aromatic N) is 2. The Morgan fingerprint density at radius 3 is 2.15 bits per heavy atom. The van der Waals surface area contributed by atoms with E-state index in [9.17, 15) is 0 Å². The lowest BCUT2D eigenvalue weighted by Gasteiger charge is -2.12. The summed E-state index contributed by atoms with van der Waals surface area (Å²) in [5.41, 5.74) is 8.39. The fraction of sp³-hybridized carbons (Fsp3) is 0.125. The molecular formula is C24H21BrN2. The van der Waals surface area contributed by atoms with Crippen LogP contribution in [0.2, 0.25) is 0 Å². The Hall–Kier alpha value is -2.65. The predicted molar refractivity (Wildman–Crippen MR) is 115 cm³/mol. The molecule has 2 nitrogen and oxygen atoms in total. The molecule has 3 aromatic carbocycles. The third-order valence-electron chi connectivity index (χ3n) is 4.79. The molecule has 0 saturated heterocycles. The third-order valence-corrected chi connectivity index (χ3v) is 5.56. The minimum absolute atomic E-state index is 0.900. The Morgan fingerprint density at radius 2 is 1.48 bits per heavy atom. The van der Waals surface area contributed by atoms with Crippen LogP contribution in [0.15, 0.2) is 83.3 Å². The molecule has 0 aliphatic heterocycles. The van der Waals surface area contributed by atoms with Crippen molar-refractivity contribution >= 4 is 15.9 Å².